The zero-order chi connectivity index (χ0) is 27.5. The van der Waals surface area contributed by atoms with Crippen LogP contribution in [0, 0.1) is 0 Å². The summed E-state index contributed by atoms with van der Waals surface area (Å²) < 4.78 is 2.22. The number of rotatable bonds is 3. The third kappa shape index (κ3) is 3.76. The van der Waals surface area contributed by atoms with Gasteiger partial charge in [0.05, 0.1) is 17.8 Å². The fraction of sp³-hybridized carbons (Fsp3) is 0.188. The van der Waals surface area contributed by atoms with Crippen molar-refractivity contribution in [2.75, 3.05) is 60.0 Å². The first-order valence-corrected chi connectivity index (χ1v) is 13.9. The van der Waals surface area contributed by atoms with Gasteiger partial charge < -0.3 is 14.8 Å². The molecular formula is C32H29N9. The Morgan fingerprint density at radius 3 is 2.37 bits per heavy atom. The Kier molecular flexibility index (Phi) is 5.31. The van der Waals surface area contributed by atoms with Crippen LogP contribution in [0.1, 0.15) is 0 Å². The molecule has 6 heterocycles. The van der Waals surface area contributed by atoms with E-state index in [1.807, 2.05) is 36.7 Å². The van der Waals surface area contributed by atoms with Crippen molar-refractivity contribution in [3.05, 3.63) is 91.3 Å². The molecule has 4 aromatic heterocycles. The predicted octanol–water partition coefficient (Wildman–Crippen LogP) is 5.35. The molecule has 0 saturated heterocycles. The molecule has 0 spiro atoms. The zero-order valence-corrected chi connectivity index (χ0v) is 23.0. The number of imidazole rings is 1. The molecule has 0 aliphatic carbocycles. The lowest BCUT2D eigenvalue weighted by Crippen LogP contribution is -2.47. The van der Waals surface area contributed by atoms with Crippen molar-refractivity contribution >= 4 is 50.9 Å². The summed E-state index contributed by atoms with van der Waals surface area (Å²) in [5.74, 6) is 4.60. The average Bonchev–Trinajstić information content (AvgIpc) is 3.43. The summed E-state index contributed by atoms with van der Waals surface area (Å²) in [7, 11) is 4.25. The van der Waals surface area contributed by atoms with Gasteiger partial charge in [-0.25, -0.2) is 14.6 Å². The minimum Gasteiger partial charge on any atom is -0.355 e. The maximum atomic E-state index is 5.26. The molecule has 0 atom stereocenters. The van der Waals surface area contributed by atoms with E-state index >= 15 is 0 Å². The lowest BCUT2D eigenvalue weighted by Gasteiger charge is -2.38. The quantitative estimate of drug-likeness (QED) is 0.298. The summed E-state index contributed by atoms with van der Waals surface area (Å²) in [6, 6.07) is 27.0. The second-order valence-corrected chi connectivity index (χ2v) is 10.6. The van der Waals surface area contributed by atoms with E-state index < -0.39 is 0 Å². The fourth-order valence-corrected chi connectivity index (χ4v) is 5.97. The molecule has 9 nitrogen and oxygen atoms in total. The van der Waals surface area contributed by atoms with Gasteiger partial charge in [-0.3, -0.25) is 9.88 Å². The van der Waals surface area contributed by atoms with E-state index in [2.05, 4.69) is 98.1 Å². The van der Waals surface area contributed by atoms with Crippen molar-refractivity contribution in [2.45, 2.75) is 0 Å². The van der Waals surface area contributed by atoms with Crippen LogP contribution in [0.15, 0.2) is 91.3 Å². The number of aromatic nitrogens is 5. The number of hydrogen-bond donors (Lipinski definition) is 0. The van der Waals surface area contributed by atoms with Crippen molar-refractivity contribution in [2.24, 2.45) is 0 Å². The summed E-state index contributed by atoms with van der Waals surface area (Å²) in [5, 5.41) is 5.61. The molecule has 0 saturated carbocycles. The van der Waals surface area contributed by atoms with Gasteiger partial charge >= 0.3 is 0 Å². The minimum atomic E-state index is 0.772. The van der Waals surface area contributed by atoms with E-state index in [4.69, 9.17) is 15.0 Å². The standard InChI is InChI=1S/C32H29N9/c1-37-16-18-39(27-12-5-6-15-33-27)30-31(37)41-32(36-30)40(19-17-38(41)2)28-14-13-22-10-7-11-25(29(22)35-28)26-20-23-8-3-4-9-24(23)21-34-26/h3-15,20-21H,16-19H2,1-2H3. The second kappa shape index (κ2) is 9.19. The smallest absolute Gasteiger partial charge is 0.234 e. The summed E-state index contributed by atoms with van der Waals surface area (Å²) in [4.78, 5) is 26.7. The highest BCUT2D eigenvalue weighted by atomic mass is 15.7. The highest BCUT2D eigenvalue weighted by Gasteiger charge is 2.36. The monoisotopic (exact) mass is 539 g/mol. The molecule has 0 fully saturated rings. The van der Waals surface area contributed by atoms with Crippen LogP contribution < -0.4 is 19.7 Å². The predicted molar refractivity (Wildman–Crippen MR) is 165 cm³/mol. The minimum absolute atomic E-state index is 0.772. The van der Waals surface area contributed by atoms with Crippen LogP contribution in [0.25, 0.3) is 32.9 Å². The van der Waals surface area contributed by atoms with E-state index in [9.17, 15) is 0 Å². The molecule has 0 radical (unpaired) electrons. The van der Waals surface area contributed by atoms with Gasteiger partial charge in [-0.05, 0) is 35.7 Å². The van der Waals surface area contributed by atoms with Crippen LogP contribution in [-0.2, 0) is 0 Å². The molecule has 6 aromatic rings. The van der Waals surface area contributed by atoms with E-state index in [1.165, 1.54) is 5.39 Å². The molecular weight excluding hydrogens is 510 g/mol. The Bertz CT molecular complexity index is 1920. The number of likely N-dealkylation sites (N-methyl/N-ethyl adjacent to an activating group) is 2. The first-order valence-electron chi connectivity index (χ1n) is 13.9. The number of benzene rings is 2. The lowest BCUT2D eigenvalue weighted by atomic mass is 10.0. The van der Waals surface area contributed by atoms with Gasteiger partial charge in [0.1, 0.15) is 11.6 Å². The number of pyridine rings is 3. The van der Waals surface area contributed by atoms with E-state index in [0.29, 0.717) is 0 Å². The fourth-order valence-electron chi connectivity index (χ4n) is 5.97. The van der Waals surface area contributed by atoms with Crippen LogP contribution >= 0.6 is 0 Å². The van der Waals surface area contributed by atoms with Gasteiger partial charge in [-0.2, -0.15) is 4.98 Å². The molecule has 2 aliphatic heterocycles. The first-order chi connectivity index (χ1) is 20.2. The highest BCUT2D eigenvalue weighted by Crippen LogP contribution is 2.42. The van der Waals surface area contributed by atoms with Crippen molar-refractivity contribution in [3.8, 4) is 11.3 Å². The number of fused-ring (bicyclic) bond motifs is 5. The van der Waals surface area contributed by atoms with Gasteiger partial charge in [0.2, 0.25) is 5.95 Å². The van der Waals surface area contributed by atoms with Gasteiger partial charge in [-0.1, -0.05) is 48.5 Å². The number of para-hydroxylation sites is 1. The normalized spacial score (nSPS) is 15.0. The molecule has 9 heteroatoms. The summed E-state index contributed by atoms with van der Waals surface area (Å²) in [6.45, 7) is 3.30. The Balaban J connectivity index is 1.26. The lowest BCUT2D eigenvalue weighted by molar-refractivity contribution is 0.591. The van der Waals surface area contributed by atoms with Gasteiger partial charge in [0.15, 0.2) is 11.6 Å². The largest absolute Gasteiger partial charge is 0.355 e. The Labute approximate surface area is 237 Å². The van der Waals surface area contributed by atoms with Crippen LogP contribution in [0.3, 0.4) is 0 Å². The maximum Gasteiger partial charge on any atom is 0.234 e. The van der Waals surface area contributed by atoms with Gasteiger partial charge in [0, 0.05) is 62.5 Å². The van der Waals surface area contributed by atoms with Crippen molar-refractivity contribution < 1.29 is 0 Å². The van der Waals surface area contributed by atoms with Crippen LogP contribution in [0.2, 0.25) is 0 Å². The number of nitrogens with zero attached hydrogens (tertiary/aromatic N) is 9. The Morgan fingerprint density at radius 2 is 1.49 bits per heavy atom. The molecule has 41 heavy (non-hydrogen) atoms. The molecule has 0 amide bonds. The Morgan fingerprint density at radius 1 is 0.659 bits per heavy atom. The zero-order valence-electron chi connectivity index (χ0n) is 23.0. The second-order valence-electron chi connectivity index (χ2n) is 10.6. The van der Waals surface area contributed by atoms with Gasteiger partial charge in [0.25, 0.3) is 0 Å². The highest BCUT2D eigenvalue weighted by molar-refractivity contribution is 5.96. The molecule has 2 aliphatic rings. The van der Waals surface area contributed by atoms with Crippen molar-refractivity contribution in [1.29, 1.82) is 0 Å². The molecule has 202 valence electrons. The first kappa shape index (κ1) is 23.7. The third-order valence-electron chi connectivity index (χ3n) is 8.12. The SMILES string of the molecule is CN1CCN(c2ccccn2)c2nc3n(c21)N(C)CCN3c1ccc2cccc(-c3cc4ccccc4cn3)c2n1. The summed E-state index contributed by atoms with van der Waals surface area (Å²) >= 11 is 0. The van der Waals surface area contributed by atoms with Gasteiger partial charge in [-0.15, -0.1) is 0 Å². The Hall–Kier alpha value is -5.18. The number of anilines is 5. The number of hydrogen-bond acceptors (Lipinski definition) is 8. The molecule has 8 rings (SSSR count). The topological polar surface area (TPSA) is 69.5 Å². The molecule has 0 unspecified atom stereocenters. The van der Waals surface area contributed by atoms with Crippen LogP contribution in [-0.4, -0.2) is 64.9 Å². The average molecular weight is 540 g/mol. The third-order valence-corrected chi connectivity index (χ3v) is 8.12. The molecule has 2 aromatic carbocycles. The van der Waals surface area contributed by atoms with E-state index in [-0.39, 0.29) is 0 Å². The van der Waals surface area contributed by atoms with Crippen LogP contribution in [0.4, 0.5) is 29.2 Å². The maximum absolute atomic E-state index is 5.26. The van der Waals surface area contributed by atoms with Crippen molar-refractivity contribution in [1.82, 2.24) is 24.6 Å². The van der Waals surface area contributed by atoms with E-state index in [0.717, 1.165) is 82.9 Å². The van der Waals surface area contributed by atoms with Crippen LogP contribution in [0.5, 0.6) is 0 Å². The molecule has 0 N–H and O–H groups in total. The summed E-state index contributed by atoms with van der Waals surface area (Å²) in [5.41, 5.74) is 2.87. The van der Waals surface area contributed by atoms with E-state index in [1.54, 1.807) is 0 Å². The summed E-state index contributed by atoms with van der Waals surface area (Å²) in [6.07, 6.45) is 3.78. The van der Waals surface area contributed by atoms with Crippen molar-refractivity contribution in [3.63, 3.8) is 0 Å². The molecule has 0 bridgehead atoms.